The Kier molecular flexibility index (Phi) is 7.62. The quantitative estimate of drug-likeness (QED) is 0.612. The molecule has 0 fully saturated rings. The molecule has 0 aliphatic heterocycles. The standard InChI is InChI=1S/C17H22ClNO4/c1-11(2)9-14(17(21)23-4)19-16(20)8-5-12-10-13(18)6-7-15(12)22-3/h5-8,10-11,14H,9H2,1-4H3,(H,19,20)/b8-5+. The highest BCUT2D eigenvalue weighted by molar-refractivity contribution is 6.30. The van der Waals surface area contributed by atoms with E-state index in [1.54, 1.807) is 24.3 Å². The zero-order valence-electron chi connectivity index (χ0n) is 13.8. The number of methoxy groups -OCH3 is 2. The molecule has 0 saturated carbocycles. The van der Waals surface area contributed by atoms with Crippen LogP contribution in [-0.4, -0.2) is 32.1 Å². The first-order chi connectivity index (χ1) is 10.9. The van der Waals surface area contributed by atoms with Gasteiger partial charge in [-0.3, -0.25) is 4.79 Å². The summed E-state index contributed by atoms with van der Waals surface area (Å²) < 4.78 is 9.92. The summed E-state index contributed by atoms with van der Waals surface area (Å²) in [5.74, 6) is 0.00502. The van der Waals surface area contributed by atoms with Crippen molar-refractivity contribution in [3.63, 3.8) is 0 Å². The fourth-order valence-electron chi connectivity index (χ4n) is 2.05. The number of nitrogens with one attached hydrogen (secondary N) is 1. The average Bonchev–Trinajstić information content (AvgIpc) is 2.51. The van der Waals surface area contributed by atoms with Gasteiger partial charge in [0.2, 0.25) is 5.91 Å². The minimum Gasteiger partial charge on any atom is -0.496 e. The minimum atomic E-state index is -0.668. The summed E-state index contributed by atoms with van der Waals surface area (Å²) in [7, 11) is 2.84. The Morgan fingerprint density at radius 3 is 2.57 bits per heavy atom. The van der Waals surface area contributed by atoms with E-state index in [0.717, 1.165) is 0 Å². The third kappa shape index (κ3) is 6.32. The van der Waals surface area contributed by atoms with Crippen LogP contribution in [0.1, 0.15) is 25.8 Å². The Hall–Kier alpha value is -2.01. The monoisotopic (exact) mass is 339 g/mol. The summed E-state index contributed by atoms with van der Waals surface area (Å²) >= 11 is 5.94. The molecule has 1 unspecified atom stereocenters. The highest BCUT2D eigenvalue weighted by Gasteiger charge is 2.21. The van der Waals surface area contributed by atoms with E-state index >= 15 is 0 Å². The normalized spacial score (nSPS) is 12.3. The van der Waals surface area contributed by atoms with Gasteiger partial charge < -0.3 is 14.8 Å². The van der Waals surface area contributed by atoms with Crippen molar-refractivity contribution in [2.24, 2.45) is 5.92 Å². The van der Waals surface area contributed by atoms with Crippen LogP contribution in [0.4, 0.5) is 0 Å². The highest BCUT2D eigenvalue weighted by atomic mass is 35.5. The summed E-state index contributed by atoms with van der Waals surface area (Å²) in [5.41, 5.74) is 0.675. The van der Waals surface area contributed by atoms with Gasteiger partial charge in [0.15, 0.2) is 0 Å². The van der Waals surface area contributed by atoms with Crippen molar-refractivity contribution in [2.45, 2.75) is 26.3 Å². The number of esters is 1. The largest absolute Gasteiger partial charge is 0.496 e. The maximum Gasteiger partial charge on any atom is 0.328 e. The Morgan fingerprint density at radius 1 is 1.30 bits per heavy atom. The summed E-state index contributed by atoms with van der Waals surface area (Å²) in [5, 5.41) is 3.19. The molecule has 0 bridgehead atoms. The summed E-state index contributed by atoms with van der Waals surface area (Å²) in [4.78, 5) is 23.7. The van der Waals surface area contributed by atoms with Gasteiger partial charge in [0.1, 0.15) is 11.8 Å². The second kappa shape index (κ2) is 9.20. The van der Waals surface area contributed by atoms with Gasteiger partial charge in [0, 0.05) is 16.7 Å². The van der Waals surface area contributed by atoms with Crippen molar-refractivity contribution in [1.82, 2.24) is 5.32 Å². The maximum absolute atomic E-state index is 12.0. The molecule has 5 nitrogen and oxygen atoms in total. The Balaban J connectivity index is 2.81. The molecule has 23 heavy (non-hydrogen) atoms. The minimum absolute atomic E-state index is 0.247. The smallest absolute Gasteiger partial charge is 0.328 e. The van der Waals surface area contributed by atoms with Gasteiger partial charge in [-0.1, -0.05) is 25.4 Å². The zero-order chi connectivity index (χ0) is 17.4. The van der Waals surface area contributed by atoms with E-state index in [2.05, 4.69) is 5.32 Å². The first-order valence-electron chi connectivity index (χ1n) is 7.27. The number of rotatable bonds is 7. The van der Waals surface area contributed by atoms with Crippen LogP contribution >= 0.6 is 11.6 Å². The molecule has 1 rings (SSSR count). The summed E-state index contributed by atoms with van der Waals surface area (Å²) in [6.07, 6.45) is 3.43. The summed E-state index contributed by atoms with van der Waals surface area (Å²) in [6, 6.07) is 4.44. The molecule has 0 spiro atoms. The molecule has 1 aromatic rings. The Labute approximate surface area is 141 Å². The molecular formula is C17H22ClNO4. The van der Waals surface area contributed by atoms with Gasteiger partial charge in [-0.15, -0.1) is 0 Å². The van der Waals surface area contributed by atoms with E-state index < -0.39 is 12.0 Å². The zero-order valence-corrected chi connectivity index (χ0v) is 14.5. The predicted molar refractivity (Wildman–Crippen MR) is 90.4 cm³/mol. The molecule has 1 amide bonds. The van der Waals surface area contributed by atoms with E-state index in [4.69, 9.17) is 21.1 Å². The molecule has 0 saturated heterocycles. The second-order valence-electron chi connectivity index (χ2n) is 5.43. The van der Waals surface area contributed by atoms with Gasteiger partial charge in [0.05, 0.1) is 14.2 Å². The average molecular weight is 340 g/mol. The van der Waals surface area contributed by atoms with Crippen molar-refractivity contribution in [3.8, 4) is 5.75 Å². The van der Waals surface area contributed by atoms with Gasteiger partial charge in [0.25, 0.3) is 0 Å². The third-order valence-electron chi connectivity index (χ3n) is 3.12. The van der Waals surface area contributed by atoms with E-state index in [1.807, 2.05) is 13.8 Å². The number of hydrogen-bond acceptors (Lipinski definition) is 4. The van der Waals surface area contributed by atoms with Gasteiger partial charge in [-0.05, 0) is 36.6 Å². The van der Waals surface area contributed by atoms with Crippen LogP contribution in [0.5, 0.6) is 5.75 Å². The summed E-state index contributed by atoms with van der Waals surface area (Å²) in [6.45, 7) is 3.93. The number of benzene rings is 1. The molecule has 1 atom stereocenters. The number of hydrogen-bond donors (Lipinski definition) is 1. The molecule has 0 aliphatic carbocycles. The SMILES string of the molecule is COC(=O)C(CC(C)C)NC(=O)/C=C/c1cc(Cl)ccc1OC. The van der Waals surface area contributed by atoms with Crippen molar-refractivity contribution >= 4 is 29.6 Å². The molecule has 0 aliphatic rings. The fraction of sp³-hybridized carbons (Fsp3) is 0.412. The van der Waals surface area contributed by atoms with Gasteiger partial charge >= 0.3 is 5.97 Å². The highest BCUT2D eigenvalue weighted by Crippen LogP contribution is 2.23. The third-order valence-corrected chi connectivity index (χ3v) is 3.35. The first kappa shape index (κ1) is 19.0. The lowest BCUT2D eigenvalue weighted by molar-refractivity contribution is -0.145. The topological polar surface area (TPSA) is 64.6 Å². The van der Waals surface area contributed by atoms with E-state index in [-0.39, 0.29) is 11.8 Å². The van der Waals surface area contributed by atoms with Crippen LogP contribution in [0, 0.1) is 5.92 Å². The number of ether oxygens (including phenoxy) is 2. The molecule has 0 aromatic heterocycles. The number of amides is 1. The van der Waals surface area contributed by atoms with Crippen LogP contribution in [0.3, 0.4) is 0 Å². The number of halogens is 1. The van der Waals surface area contributed by atoms with Crippen molar-refractivity contribution in [1.29, 1.82) is 0 Å². The van der Waals surface area contributed by atoms with E-state index in [0.29, 0.717) is 22.8 Å². The van der Waals surface area contributed by atoms with Crippen LogP contribution < -0.4 is 10.1 Å². The molecular weight excluding hydrogens is 318 g/mol. The van der Waals surface area contributed by atoms with E-state index in [1.165, 1.54) is 20.3 Å². The predicted octanol–water partition coefficient (Wildman–Crippen LogP) is 3.07. The van der Waals surface area contributed by atoms with Crippen molar-refractivity contribution < 1.29 is 19.1 Å². The van der Waals surface area contributed by atoms with Crippen LogP contribution in [0.25, 0.3) is 6.08 Å². The maximum atomic E-state index is 12.0. The first-order valence-corrected chi connectivity index (χ1v) is 7.65. The van der Waals surface area contributed by atoms with Gasteiger partial charge in [-0.2, -0.15) is 0 Å². The lowest BCUT2D eigenvalue weighted by Gasteiger charge is -2.17. The van der Waals surface area contributed by atoms with Gasteiger partial charge in [-0.25, -0.2) is 4.79 Å². The number of carbonyl (C=O) groups is 2. The fourth-order valence-corrected chi connectivity index (χ4v) is 2.23. The van der Waals surface area contributed by atoms with Crippen LogP contribution in [0.15, 0.2) is 24.3 Å². The van der Waals surface area contributed by atoms with Crippen molar-refractivity contribution in [3.05, 3.63) is 34.9 Å². The lowest BCUT2D eigenvalue weighted by atomic mass is 10.0. The van der Waals surface area contributed by atoms with Crippen LogP contribution in [-0.2, 0) is 14.3 Å². The molecule has 6 heteroatoms. The Morgan fingerprint density at radius 2 is 2.00 bits per heavy atom. The number of carbonyl (C=O) groups excluding carboxylic acids is 2. The van der Waals surface area contributed by atoms with E-state index in [9.17, 15) is 9.59 Å². The molecule has 1 aromatic carbocycles. The second-order valence-corrected chi connectivity index (χ2v) is 5.87. The molecule has 126 valence electrons. The lowest BCUT2D eigenvalue weighted by Crippen LogP contribution is -2.41. The molecule has 1 N–H and O–H groups in total. The van der Waals surface area contributed by atoms with Crippen molar-refractivity contribution in [2.75, 3.05) is 14.2 Å². The molecule has 0 heterocycles. The Bertz CT molecular complexity index is 584. The molecule has 0 radical (unpaired) electrons. The van der Waals surface area contributed by atoms with Crippen LogP contribution in [0.2, 0.25) is 5.02 Å².